The van der Waals surface area contributed by atoms with E-state index < -0.39 is 5.72 Å². The monoisotopic (exact) mass is 175 g/mol. The largest absolute Gasteiger partial charge is 0.461 e. The third-order valence-electron chi connectivity index (χ3n) is 0.929. The predicted molar refractivity (Wildman–Crippen MR) is 45.4 cm³/mol. The topological polar surface area (TPSA) is 61.5 Å². The minimum Gasteiger partial charge on any atom is -0.461 e. The molecule has 0 aromatic rings. The van der Waals surface area contributed by atoms with E-state index in [0.29, 0.717) is 0 Å². The van der Waals surface area contributed by atoms with Gasteiger partial charge in [-0.05, 0) is 27.7 Å². The van der Waals surface area contributed by atoms with Crippen molar-refractivity contribution in [2.24, 2.45) is 5.73 Å². The zero-order valence-electron chi connectivity index (χ0n) is 8.09. The van der Waals surface area contributed by atoms with Gasteiger partial charge < -0.3 is 15.2 Å². The van der Waals surface area contributed by atoms with Crippen LogP contribution in [0.2, 0.25) is 0 Å². The summed E-state index contributed by atoms with van der Waals surface area (Å²) in [5.74, 6) is -0.386. The van der Waals surface area contributed by atoms with Crippen molar-refractivity contribution in [2.75, 3.05) is 6.61 Å². The van der Waals surface area contributed by atoms with Crippen LogP contribution in [0.4, 0.5) is 0 Å². The predicted octanol–water partition coefficient (Wildman–Crippen LogP) is 0.649. The molecule has 0 unspecified atom stereocenters. The summed E-state index contributed by atoms with van der Waals surface area (Å²) in [7, 11) is 0. The van der Waals surface area contributed by atoms with Gasteiger partial charge in [-0.3, -0.25) is 0 Å². The number of rotatable bonds is 4. The van der Waals surface area contributed by atoms with Crippen LogP contribution in [0.1, 0.15) is 27.7 Å². The van der Waals surface area contributed by atoms with Crippen LogP contribution >= 0.6 is 0 Å². The van der Waals surface area contributed by atoms with E-state index in [1.54, 1.807) is 27.7 Å². The van der Waals surface area contributed by atoms with Crippen LogP contribution in [0.3, 0.4) is 0 Å². The lowest BCUT2D eigenvalue weighted by Crippen LogP contribution is -2.37. The number of hydrogen-bond acceptors (Lipinski definition) is 4. The van der Waals surface area contributed by atoms with Gasteiger partial charge in [0, 0.05) is 0 Å². The zero-order valence-corrected chi connectivity index (χ0v) is 8.09. The van der Waals surface area contributed by atoms with Crippen molar-refractivity contribution in [3.63, 3.8) is 0 Å². The minimum absolute atomic E-state index is 0.0956. The molecule has 0 rings (SSSR count). The summed E-state index contributed by atoms with van der Waals surface area (Å²) >= 11 is 0. The lowest BCUT2D eigenvalue weighted by molar-refractivity contribution is -0.158. The Morgan fingerprint density at radius 3 is 2.33 bits per heavy atom. The molecular formula is C8H17NO3. The van der Waals surface area contributed by atoms with Gasteiger partial charge in [0.1, 0.15) is 12.3 Å². The molecule has 2 N–H and O–H groups in total. The van der Waals surface area contributed by atoms with Crippen LogP contribution in [0.5, 0.6) is 0 Å². The Kier molecular flexibility index (Phi) is 4.20. The second-order valence-corrected chi connectivity index (χ2v) is 3.43. The molecule has 72 valence electrons. The summed E-state index contributed by atoms with van der Waals surface area (Å²) in [4.78, 5) is 10.9. The first kappa shape index (κ1) is 11.4. The molecule has 0 saturated heterocycles. The van der Waals surface area contributed by atoms with Gasteiger partial charge >= 0.3 is 5.97 Å². The van der Waals surface area contributed by atoms with Crippen LogP contribution in [0.25, 0.3) is 0 Å². The number of hydrogen-bond donors (Lipinski definition) is 1. The first-order valence-corrected chi connectivity index (χ1v) is 3.93. The van der Waals surface area contributed by atoms with Gasteiger partial charge in [-0.25, -0.2) is 4.79 Å². The Balaban J connectivity index is 3.58. The summed E-state index contributed by atoms with van der Waals surface area (Å²) in [5.41, 5.74) is 4.70. The number of ether oxygens (including phenoxy) is 2. The molecule has 0 atom stereocenters. The fourth-order valence-corrected chi connectivity index (χ4v) is 0.542. The fraction of sp³-hybridized carbons (Fsp3) is 0.875. The molecule has 12 heavy (non-hydrogen) atoms. The molecular weight excluding hydrogens is 158 g/mol. The highest BCUT2D eigenvalue weighted by atomic mass is 16.6. The van der Waals surface area contributed by atoms with Crippen molar-refractivity contribution in [1.82, 2.24) is 0 Å². The minimum atomic E-state index is -0.782. The molecule has 0 fully saturated rings. The van der Waals surface area contributed by atoms with Crippen LogP contribution in [-0.2, 0) is 14.3 Å². The first-order chi connectivity index (χ1) is 5.31. The van der Waals surface area contributed by atoms with Crippen LogP contribution in [0, 0.1) is 0 Å². The van der Waals surface area contributed by atoms with Crippen LogP contribution in [0.15, 0.2) is 0 Å². The standard InChI is InChI=1S/C8H17NO3/c1-6(2)12-7(10)5-11-8(3,4)9/h6H,5,9H2,1-4H3. The molecule has 0 saturated carbocycles. The second-order valence-electron chi connectivity index (χ2n) is 3.43. The molecule has 4 heteroatoms. The van der Waals surface area contributed by atoms with E-state index in [1.807, 2.05) is 0 Å². The zero-order chi connectivity index (χ0) is 9.78. The Morgan fingerprint density at radius 1 is 1.50 bits per heavy atom. The van der Waals surface area contributed by atoms with E-state index in [9.17, 15) is 4.79 Å². The molecule has 0 spiro atoms. The number of carbonyl (C=O) groups is 1. The lowest BCUT2D eigenvalue weighted by Gasteiger charge is -2.19. The quantitative estimate of drug-likeness (QED) is 0.503. The van der Waals surface area contributed by atoms with Gasteiger partial charge in [0.2, 0.25) is 0 Å². The van der Waals surface area contributed by atoms with Gasteiger partial charge in [-0.2, -0.15) is 0 Å². The third-order valence-corrected chi connectivity index (χ3v) is 0.929. The number of carbonyl (C=O) groups excluding carboxylic acids is 1. The van der Waals surface area contributed by atoms with E-state index in [4.69, 9.17) is 15.2 Å². The second kappa shape index (κ2) is 4.42. The first-order valence-electron chi connectivity index (χ1n) is 3.93. The Labute approximate surface area is 73.0 Å². The van der Waals surface area contributed by atoms with E-state index in [2.05, 4.69) is 0 Å². The number of esters is 1. The molecule has 0 aromatic heterocycles. The van der Waals surface area contributed by atoms with E-state index in [-0.39, 0.29) is 18.7 Å². The molecule has 0 amide bonds. The van der Waals surface area contributed by atoms with Crippen molar-refractivity contribution in [1.29, 1.82) is 0 Å². The van der Waals surface area contributed by atoms with Crippen molar-refractivity contribution in [2.45, 2.75) is 39.5 Å². The SMILES string of the molecule is CC(C)OC(=O)COC(C)(C)N. The molecule has 0 aliphatic carbocycles. The Bertz CT molecular complexity index is 149. The maximum Gasteiger partial charge on any atom is 0.332 e. The van der Waals surface area contributed by atoms with Crippen LogP contribution < -0.4 is 5.73 Å². The summed E-state index contributed by atoms with van der Waals surface area (Å²) in [6.07, 6.45) is -0.109. The maximum absolute atomic E-state index is 10.9. The van der Waals surface area contributed by atoms with Gasteiger partial charge in [-0.15, -0.1) is 0 Å². The number of nitrogens with two attached hydrogens (primary N) is 1. The third kappa shape index (κ3) is 7.50. The molecule has 0 bridgehead atoms. The summed E-state index contributed by atoms with van der Waals surface area (Å²) < 4.78 is 9.82. The summed E-state index contributed by atoms with van der Waals surface area (Å²) in [6, 6.07) is 0. The van der Waals surface area contributed by atoms with Crippen molar-refractivity contribution in [3.8, 4) is 0 Å². The molecule has 0 heterocycles. The average molecular weight is 175 g/mol. The molecule has 0 aromatic carbocycles. The molecule has 0 aliphatic rings. The highest BCUT2D eigenvalue weighted by Gasteiger charge is 2.14. The molecule has 0 aliphatic heterocycles. The Morgan fingerprint density at radius 2 is 2.00 bits per heavy atom. The van der Waals surface area contributed by atoms with Gasteiger partial charge in [0.25, 0.3) is 0 Å². The van der Waals surface area contributed by atoms with Crippen molar-refractivity contribution < 1.29 is 14.3 Å². The highest BCUT2D eigenvalue weighted by Crippen LogP contribution is 1.99. The summed E-state index contributed by atoms with van der Waals surface area (Å²) in [5, 5.41) is 0. The van der Waals surface area contributed by atoms with Gasteiger partial charge in [0.05, 0.1) is 6.10 Å². The average Bonchev–Trinajstić information content (AvgIpc) is 1.80. The van der Waals surface area contributed by atoms with Crippen molar-refractivity contribution in [3.05, 3.63) is 0 Å². The molecule has 0 radical (unpaired) electrons. The van der Waals surface area contributed by atoms with E-state index in [1.165, 1.54) is 0 Å². The molecule has 4 nitrogen and oxygen atoms in total. The van der Waals surface area contributed by atoms with E-state index >= 15 is 0 Å². The van der Waals surface area contributed by atoms with Gasteiger partial charge in [-0.1, -0.05) is 0 Å². The maximum atomic E-state index is 10.9. The smallest absolute Gasteiger partial charge is 0.332 e. The summed E-state index contributed by atoms with van der Waals surface area (Å²) in [6.45, 7) is 6.82. The van der Waals surface area contributed by atoms with Crippen LogP contribution in [-0.4, -0.2) is 24.4 Å². The van der Waals surface area contributed by atoms with E-state index in [0.717, 1.165) is 0 Å². The lowest BCUT2D eigenvalue weighted by atomic mass is 10.3. The van der Waals surface area contributed by atoms with Crippen molar-refractivity contribution >= 4 is 5.97 Å². The Hall–Kier alpha value is -0.610. The highest BCUT2D eigenvalue weighted by molar-refractivity contribution is 5.70. The fourth-order valence-electron chi connectivity index (χ4n) is 0.542. The normalized spacial score (nSPS) is 11.8. The van der Waals surface area contributed by atoms with Gasteiger partial charge in [0.15, 0.2) is 0 Å².